The molecule has 0 unspecified atom stereocenters. The molecule has 0 fully saturated rings. The highest BCUT2D eigenvalue weighted by atomic mass is 35.5. The van der Waals surface area contributed by atoms with Crippen molar-refractivity contribution in [1.29, 1.82) is 0 Å². The fourth-order valence-electron chi connectivity index (χ4n) is 2.61. The molecule has 0 bridgehead atoms. The predicted octanol–water partition coefficient (Wildman–Crippen LogP) is 3.62. The van der Waals surface area contributed by atoms with Crippen LogP contribution in [0.4, 0.5) is 0 Å². The molecule has 27 heavy (non-hydrogen) atoms. The molecule has 0 atom stereocenters. The minimum absolute atomic E-state index is 0.143. The van der Waals surface area contributed by atoms with E-state index >= 15 is 0 Å². The Labute approximate surface area is 166 Å². The highest BCUT2D eigenvalue weighted by Crippen LogP contribution is 2.31. The van der Waals surface area contributed by atoms with E-state index in [4.69, 9.17) is 33.0 Å². The van der Waals surface area contributed by atoms with Crippen LogP contribution in [0.3, 0.4) is 0 Å². The monoisotopic (exact) mass is 426 g/mol. The van der Waals surface area contributed by atoms with Crippen LogP contribution in [0.15, 0.2) is 53.4 Å². The van der Waals surface area contributed by atoms with Crippen LogP contribution in [-0.4, -0.2) is 42.8 Å². The maximum atomic E-state index is 12.0. The summed E-state index contributed by atoms with van der Waals surface area (Å²) in [5, 5.41) is 13.9. The summed E-state index contributed by atoms with van der Waals surface area (Å²) in [5.74, 6) is 0.221. The van der Waals surface area contributed by atoms with Crippen molar-refractivity contribution in [2.24, 2.45) is 0 Å². The van der Waals surface area contributed by atoms with E-state index in [2.05, 4.69) is 5.10 Å². The zero-order chi connectivity index (χ0) is 19.6. The lowest BCUT2D eigenvalue weighted by atomic mass is 10.1. The molecule has 0 amide bonds. The summed E-state index contributed by atoms with van der Waals surface area (Å²) >= 11 is 12.3. The van der Waals surface area contributed by atoms with Gasteiger partial charge in [-0.2, -0.15) is 5.10 Å². The van der Waals surface area contributed by atoms with Crippen molar-refractivity contribution < 1.29 is 18.3 Å². The van der Waals surface area contributed by atoms with Crippen LogP contribution in [-0.2, 0) is 9.84 Å². The Balaban J connectivity index is 2.03. The van der Waals surface area contributed by atoms with E-state index in [0.717, 1.165) is 5.56 Å². The number of ether oxygens (including phenoxy) is 1. The Morgan fingerprint density at radius 3 is 2.41 bits per heavy atom. The number of nitrogens with zero attached hydrogens (tertiary/aromatic N) is 2. The molecule has 0 saturated heterocycles. The standard InChI is InChI=1S/C18H16Cl2N2O4S/c1-26-17-7-4-13(10-15(17)19)22-16(11-18(20)21-22)12-2-5-14(6-3-12)27(24,25)9-8-23/h2-7,10-11,23H,8-9H2,1H3. The van der Waals surface area contributed by atoms with Gasteiger partial charge in [0.25, 0.3) is 0 Å². The second kappa shape index (κ2) is 7.90. The number of hydrogen-bond donors (Lipinski definition) is 1. The molecule has 3 aromatic rings. The van der Waals surface area contributed by atoms with E-state index in [9.17, 15) is 8.42 Å². The lowest BCUT2D eigenvalue weighted by Gasteiger charge is -2.10. The summed E-state index contributed by atoms with van der Waals surface area (Å²) in [5.41, 5.74) is 2.08. The maximum Gasteiger partial charge on any atom is 0.180 e. The van der Waals surface area contributed by atoms with Gasteiger partial charge in [-0.1, -0.05) is 35.3 Å². The molecule has 1 aromatic heterocycles. The lowest BCUT2D eigenvalue weighted by Crippen LogP contribution is -2.09. The number of aliphatic hydroxyl groups excluding tert-OH is 1. The van der Waals surface area contributed by atoms with E-state index in [1.165, 1.54) is 19.2 Å². The normalized spacial score (nSPS) is 11.6. The average Bonchev–Trinajstić information content (AvgIpc) is 3.03. The Morgan fingerprint density at radius 1 is 1.11 bits per heavy atom. The fourth-order valence-corrected chi connectivity index (χ4v) is 4.07. The molecule has 0 aliphatic carbocycles. The van der Waals surface area contributed by atoms with Gasteiger partial charge in [0.2, 0.25) is 0 Å². The summed E-state index contributed by atoms with van der Waals surface area (Å²) in [7, 11) is -1.98. The molecule has 0 spiro atoms. The zero-order valence-electron chi connectivity index (χ0n) is 14.3. The third-order valence-electron chi connectivity index (χ3n) is 3.93. The van der Waals surface area contributed by atoms with Crippen molar-refractivity contribution in [3.05, 3.63) is 58.7 Å². The molecule has 9 heteroatoms. The average molecular weight is 427 g/mol. The van der Waals surface area contributed by atoms with Gasteiger partial charge in [-0.25, -0.2) is 13.1 Å². The molecule has 3 rings (SSSR count). The summed E-state index contributed by atoms with van der Waals surface area (Å²) in [4.78, 5) is 0.143. The maximum absolute atomic E-state index is 12.0. The van der Waals surface area contributed by atoms with Gasteiger partial charge >= 0.3 is 0 Å². The van der Waals surface area contributed by atoms with Crippen molar-refractivity contribution in [3.63, 3.8) is 0 Å². The number of aliphatic hydroxyl groups is 1. The van der Waals surface area contributed by atoms with E-state index in [-0.39, 0.29) is 15.8 Å². The number of methoxy groups -OCH3 is 1. The Kier molecular flexibility index (Phi) is 5.76. The molecule has 0 aliphatic rings. The smallest absolute Gasteiger partial charge is 0.180 e. The van der Waals surface area contributed by atoms with E-state index in [1.54, 1.807) is 41.1 Å². The SMILES string of the molecule is COc1ccc(-n2nc(Cl)cc2-c2ccc(S(=O)(=O)CCO)cc2)cc1Cl. The number of halogens is 2. The van der Waals surface area contributed by atoms with Crippen LogP contribution in [0.1, 0.15) is 0 Å². The minimum atomic E-state index is -3.51. The number of hydrogen-bond acceptors (Lipinski definition) is 5. The van der Waals surface area contributed by atoms with Crippen LogP contribution < -0.4 is 4.74 Å². The van der Waals surface area contributed by atoms with Crippen LogP contribution in [0.5, 0.6) is 5.75 Å². The Morgan fingerprint density at radius 2 is 1.81 bits per heavy atom. The Bertz CT molecular complexity index is 1060. The first-order chi connectivity index (χ1) is 12.9. The second-order valence-electron chi connectivity index (χ2n) is 5.65. The van der Waals surface area contributed by atoms with Gasteiger partial charge in [0.05, 0.1) is 40.8 Å². The number of aromatic nitrogens is 2. The number of benzene rings is 2. The molecule has 0 radical (unpaired) electrons. The summed E-state index contributed by atoms with van der Waals surface area (Å²) < 4.78 is 30.9. The molecule has 6 nitrogen and oxygen atoms in total. The largest absolute Gasteiger partial charge is 0.495 e. The first kappa shape index (κ1) is 19.7. The molecule has 1 heterocycles. The topological polar surface area (TPSA) is 81.4 Å². The zero-order valence-corrected chi connectivity index (χ0v) is 16.6. The summed E-state index contributed by atoms with van der Waals surface area (Å²) in [6.45, 7) is -0.426. The second-order valence-corrected chi connectivity index (χ2v) is 8.55. The third kappa shape index (κ3) is 4.11. The molecule has 1 N–H and O–H groups in total. The first-order valence-corrected chi connectivity index (χ1v) is 10.3. The van der Waals surface area contributed by atoms with Crippen molar-refractivity contribution >= 4 is 33.0 Å². The molecule has 2 aromatic carbocycles. The van der Waals surface area contributed by atoms with Crippen molar-refractivity contribution in [1.82, 2.24) is 9.78 Å². The van der Waals surface area contributed by atoms with Crippen LogP contribution in [0.2, 0.25) is 10.2 Å². The van der Waals surface area contributed by atoms with Crippen LogP contribution in [0.25, 0.3) is 16.9 Å². The molecular weight excluding hydrogens is 411 g/mol. The molecule has 142 valence electrons. The predicted molar refractivity (Wildman–Crippen MR) is 105 cm³/mol. The van der Waals surface area contributed by atoms with Crippen LogP contribution >= 0.6 is 23.2 Å². The van der Waals surface area contributed by atoms with E-state index < -0.39 is 16.4 Å². The van der Waals surface area contributed by atoms with Gasteiger partial charge in [0, 0.05) is 11.6 Å². The van der Waals surface area contributed by atoms with Gasteiger partial charge in [-0.05, 0) is 30.3 Å². The van der Waals surface area contributed by atoms with Crippen LogP contribution in [0, 0.1) is 0 Å². The highest BCUT2D eigenvalue weighted by molar-refractivity contribution is 7.91. The van der Waals surface area contributed by atoms with Gasteiger partial charge in [-0.15, -0.1) is 0 Å². The van der Waals surface area contributed by atoms with Crippen molar-refractivity contribution in [2.75, 3.05) is 19.5 Å². The van der Waals surface area contributed by atoms with E-state index in [0.29, 0.717) is 22.2 Å². The highest BCUT2D eigenvalue weighted by Gasteiger charge is 2.16. The fraction of sp³-hybridized carbons (Fsp3) is 0.167. The summed E-state index contributed by atoms with van der Waals surface area (Å²) in [6, 6.07) is 13.2. The first-order valence-electron chi connectivity index (χ1n) is 7.89. The lowest BCUT2D eigenvalue weighted by molar-refractivity contribution is 0.319. The minimum Gasteiger partial charge on any atom is -0.495 e. The quantitative estimate of drug-likeness (QED) is 0.650. The van der Waals surface area contributed by atoms with Gasteiger partial charge in [0.15, 0.2) is 15.0 Å². The third-order valence-corrected chi connectivity index (χ3v) is 6.12. The molecular formula is C18H16Cl2N2O4S. The number of rotatable bonds is 6. The Hall–Kier alpha value is -2.06. The van der Waals surface area contributed by atoms with Gasteiger partial charge in [-0.3, -0.25) is 0 Å². The van der Waals surface area contributed by atoms with Gasteiger partial charge < -0.3 is 9.84 Å². The number of sulfone groups is 1. The van der Waals surface area contributed by atoms with E-state index in [1.807, 2.05) is 0 Å². The molecule has 0 aliphatic heterocycles. The van der Waals surface area contributed by atoms with Crippen molar-refractivity contribution in [2.45, 2.75) is 4.90 Å². The van der Waals surface area contributed by atoms with Gasteiger partial charge in [0.1, 0.15) is 5.75 Å². The summed E-state index contributed by atoms with van der Waals surface area (Å²) in [6.07, 6.45) is 0. The molecule has 0 saturated carbocycles. The van der Waals surface area contributed by atoms with Crippen molar-refractivity contribution in [3.8, 4) is 22.7 Å².